The number of fused-ring (bicyclic) bond motifs is 2. The molecule has 5 nitrogen and oxygen atoms in total. The van der Waals surface area contributed by atoms with Crippen LogP contribution in [0.4, 0.5) is 5.69 Å². The first kappa shape index (κ1) is 17.6. The van der Waals surface area contributed by atoms with Crippen molar-refractivity contribution in [3.63, 3.8) is 0 Å². The van der Waals surface area contributed by atoms with Crippen molar-refractivity contribution >= 4 is 17.6 Å². The lowest BCUT2D eigenvalue weighted by Gasteiger charge is -2.35. The lowest BCUT2D eigenvalue weighted by atomic mass is 9.69. The van der Waals surface area contributed by atoms with E-state index in [9.17, 15) is 14.7 Å². The molecule has 2 aromatic rings. The van der Waals surface area contributed by atoms with Crippen LogP contribution in [0.15, 0.2) is 36.4 Å². The zero-order chi connectivity index (χ0) is 19.2. The standard InChI is InChI=1S/C22H23NO4/c1-13-3-5-17(11-14(13)2)27-16-7-9-22(10-8-16)18-12-15(20(24)25)4-6-19(18)23-21(22)26/h3-6,11-12,16H,7-10H2,1-2H3,(H,23,26)(H,24,25)/t16-,22-. The van der Waals surface area contributed by atoms with Gasteiger partial charge in [0, 0.05) is 5.69 Å². The van der Waals surface area contributed by atoms with Crippen LogP contribution in [0.1, 0.15) is 52.7 Å². The zero-order valence-electron chi connectivity index (χ0n) is 15.5. The van der Waals surface area contributed by atoms with E-state index >= 15 is 0 Å². The number of aryl methyl sites for hydroxylation is 2. The normalized spacial score (nSPS) is 23.8. The number of carboxylic acid groups (broad SMARTS) is 1. The van der Waals surface area contributed by atoms with Gasteiger partial charge in [-0.1, -0.05) is 6.07 Å². The maximum Gasteiger partial charge on any atom is 0.335 e. The number of amides is 1. The third-order valence-electron chi connectivity index (χ3n) is 6.03. The van der Waals surface area contributed by atoms with Gasteiger partial charge >= 0.3 is 5.97 Å². The third kappa shape index (κ3) is 2.97. The number of carbonyl (C=O) groups excluding carboxylic acids is 1. The van der Waals surface area contributed by atoms with Crippen LogP contribution in [0.5, 0.6) is 5.75 Å². The first-order chi connectivity index (χ1) is 12.9. The predicted octanol–water partition coefficient (Wildman–Crippen LogP) is 4.21. The molecule has 1 heterocycles. The van der Waals surface area contributed by atoms with Crippen LogP contribution in [0, 0.1) is 13.8 Å². The van der Waals surface area contributed by atoms with Gasteiger partial charge in [0.05, 0.1) is 17.1 Å². The smallest absolute Gasteiger partial charge is 0.335 e. The molecular weight excluding hydrogens is 342 g/mol. The maximum absolute atomic E-state index is 12.7. The van der Waals surface area contributed by atoms with E-state index in [1.807, 2.05) is 6.07 Å². The summed E-state index contributed by atoms with van der Waals surface area (Å²) in [5.74, 6) is -0.132. The number of carbonyl (C=O) groups is 2. The lowest BCUT2D eigenvalue weighted by Crippen LogP contribution is -2.41. The van der Waals surface area contributed by atoms with Gasteiger partial charge in [0.15, 0.2) is 0 Å². The number of rotatable bonds is 3. The van der Waals surface area contributed by atoms with E-state index in [2.05, 4.69) is 31.3 Å². The molecule has 2 aromatic carbocycles. The molecule has 1 amide bonds. The summed E-state index contributed by atoms with van der Waals surface area (Å²) < 4.78 is 6.15. The monoisotopic (exact) mass is 365 g/mol. The van der Waals surface area contributed by atoms with Gasteiger partial charge in [0.2, 0.25) is 5.91 Å². The Bertz CT molecular complexity index is 926. The fourth-order valence-electron chi connectivity index (χ4n) is 4.22. The fourth-order valence-corrected chi connectivity index (χ4v) is 4.22. The molecule has 1 spiro atoms. The molecule has 2 N–H and O–H groups in total. The largest absolute Gasteiger partial charge is 0.490 e. The number of ether oxygens (including phenoxy) is 1. The summed E-state index contributed by atoms with van der Waals surface area (Å²) in [6, 6.07) is 11.0. The Morgan fingerprint density at radius 2 is 1.85 bits per heavy atom. The van der Waals surface area contributed by atoms with Crippen LogP contribution < -0.4 is 10.1 Å². The predicted molar refractivity (Wildman–Crippen MR) is 103 cm³/mol. The van der Waals surface area contributed by atoms with E-state index in [0.717, 1.165) is 29.8 Å². The number of carboxylic acids is 1. The second-order valence-electron chi connectivity index (χ2n) is 7.67. The van der Waals surface area contributed by atoms with E-state index in [-0.39, 0.29) is 17.6 Å². The van der Waals surface area contributed by atoms with Crippen molar-refractivity contribution < 1.29 is 19.4 Å². The van der Waals surface area contributed by atoms with Crippen molar-refractivity contribution in [3.05, 3.63) is 58.7 Å². The Balaban J connectivity index is 1.53. The van der Waals surface area contributed by atoms with Gasteiger partial charge in [0.1, 0.15) is 5.75 Å². The number of aromatic carboxylic acids is 1. The van der Waals surface area contributed by atoms with Crippen LogP contribution in [0.25, 0.3) is 0 Å². The third-order valence-corrected chi connectivity index (χ3v) is 6.03. The molecule has 2 aliphatic rings. The molecule has 0 saturated heterocycles. The van der Waals surface area contributed by atoms with Crippen molar-refractivity contribution in [2.45, 2.75) is 51.0 Å². The molecule has 0 bridgehead atoms. The fraction of sp³-hybridized carbons (Fsp3) is 0.364. The van der Waals surface area contributed by atoms with Crippen molar-refractivity contribution in [2.75, 3.05) is 5.32 Å². The summed E-state index contributed by atoms with van der Waals surface area (Å²) in [6.07, 6.45) is 2.90. The summed E-state index contributed by atoms with van der Waals surface area (Å²) in [5, 5.41) is 12.2. The topological polar surface area (TPSA) is 75.6 Å². The van der Waals surface area contributed by atoms with Gasteiger partial charge in [-0.15, -0.1) is 0 Å². The summed E-state index contributed by atoms with van der Waals surface area (Å²) >= 11 is 0. The molecule has 140 valence electrons. The number of hydrogen-bond donors (Lipinski definition) is 2. The van der Waals surface area contributed by atoms with Crippen LogP contribution in [-0.2, 0) is 10.2 Å². The summed E-state index contributed by atoms with van der Waals surface area (Å²) in [4.78, 5) is 24.1. The van der Waals surface area contributed by atoms with Crippen LogP contribution in [0.3, 0.4) is 0 Å². The van der Waals surface area contributed by atoms with Gasteiger partial charge in [0.25, 0.3) is 0 Å². The molecule has 1 fully saturated rings. The van der Waals surface area contributed by atoms with Gasteiger partial charge < -0.3 is 15.2 Å². The molecule has 1 saturated carbocycles. The number of anilines is 1. The molecule has 0 radical (unpaired) electrons. The van der Waals surface area contributed by atoms with E-state index < -0.39 is 11.4 Å². The van der Waals surface area contributed by atoms with Crippen LogP contribution >= 0.6 is 0 Å². The first-order valence-electron chi connectivity index (χ1n) is 9.32. The molecule has 27 heavy (non-hydrogen) atoms. The highest BCUT2D eigenvalue weighted by Crippen LogP contribution is 2.48. The van der Waals surface area contributed by atoms with Gasteiger partial charge in [-0.25, -0.2) is 4.79 Å². The van der Waals surface area contributed by atoms with Crippen LogP contribution in [-0.4, -0.2) is 23.1 Å². The molecule has 0 unspecified atom stereocenters. The minimum Gasteiger partial charge on any atom is -0.490 e. The SMILES string of the molecule is Cc1ccc(O[C@H]2CC[C@@]3(CC2)C(=O)Nc2ccc(C(=O)O)cc23)cc1C. The minimum atomic E-state index is -0.973. The van der Waals surface area contributed by atoms with E-state index in [1.165, 1.54) is 17.2 Å². The maximum atomic E-state index is 12.7. The summed E-state index contributed by atoms with van der Waals surface area (Å²) in [6.45, 7) is 4.14. The number of benzene rings is 2. The average Bonchev–Trinajstić information content (AvgIpc) is 2.91. The molecule has 5 heteroatoms. The van der Waals surface area contributed by atoms with Gasteiger partial charge in [-0.2, -0.15) is 0 Å². The van der Waals surface area contributed by atoms with Gasteiger partial charge in [-0.05, 0) is 86.6 Å². The van der Waals surface area contributed by atoms with E-state index in [4.69, 9.17) is 4.74 Å². The highest BCUT2D eigenvalue weighted by Gasteiger charge is 2.49. The molecule has 1 aliphatic carbocycles. The summed E-state index contributed by atoms with van der Waals surface area (Å²) in [7, 11) is 0. The Morgan fingerprint density at radius 1 is 1.11 bits per heavy atom. The Kier molecular flexibility index (Phi) is 4.17. The molecule has 0 aromatic heterocycles. The second kappa shape index (κ2) is 6.41. The quantitative estimate of drug-likeness (QED) is 0.854. The zero-order valence-corrected chi connectivity index (χ0v) is 15.5. The van der Waals surface area contributed by atoms with Crippen molar-refractivity contribution in [1.29, 1.82) is 0 Å². The van der Waals surface area contributed by atoms with Gasteiger partial charge in [-0.3, -0.25) is 4.79 Å². The molecular formula is C22H23NO4. The minimum absolute atomic E-state index is 0.0235. The van der Waals surface area contributed by atoms with Crippen molar-refractivity contribution in [3.8, 4) is 5.75 Å². The van der Waals surface area contributed by atoms with Crippen molar-refractivity contribution in [1.82, 2.24) is 0 Å². The van der Waals surface area contributed by atoms with E-state index in [1.54, 1.807) is 12.1 Å². The lowest BCUT2D eigenvalue weighted by molar-refractivity contribution is -0.122. The van der Waals surface area contributed by atoms with E-state index in [0.29, 0.717) is 12.8 Å². The summed E-state index contributed by atoms with van der Waals surface area (Å²) in [5.41, 5.74) is 3.57. The Morgan fingerprint density at radius 3 is 2.52 bits per heavy atom. The Labute approximate surface area is 158 Å². The van der Waals surface area contributed by atoms with Crippen molar-refractivity contribution in [2.24, 2.45) is 0 Å². The van der Waals surface area contributed by atoms with Crippen LogP contribution in [0.2, 0.25) is 0 Å². The highest BCUT2D eigenvalue weighted by atomic mass is 16.5. The first-order valence-corrected chi connectivity index (χ1v) is 9.32. The highest BCUT2D eigenvalue weighted by molar-refractivity contribution is 6.07. The molecule has 1 aliphatic heterocycles. The molecule has 4 rings (SSSR count). The second-order valence-corrected chi connectivity index (χ2v) is 7.67. The molecule has 0 atom stereocenters. The average molecular weight is 365 g/mol. The number of hydrogen-bond acceptors (Lipinski definition) is 3. The number of nitrogens with one attached hydrogen (secondary N) is 1. The Hall–Kier alpha value is -2.82.